The molecule has 0 aromatic carbocycles. The first-order chi connectivity index (χ1) is 9.10. The summed E-state index contributed by atoms with van der Waals surface area (Å²) in [6.45, 7) is 6.14. The Hall–Kier alpha value is -1.30. The van der Waals surface area contributed by atoms with Crippen molar-refractivity contribution in [3.63, 3.8) is 0 Å². The predicted octanol–water partition coefficient (Wildman–Crippen LogP) is 0.587. The number of amides is 2. The molecule has 0 bridgehead atoms. The number of likely N-dealkylation sites (N-methyl/N-ethyl adjacent to an activating group) is 1. The van der Waals surface area contributed by atoms with Crippen molar-refractivity contribution in [1.29, 1.82) is 0 Å². The molecule has 6 heteroatoms. The van der Waals surface area contributed by atoms with Crippen LogP contribution in [0.4, 0.5) is 4.79 Å². The number of nitrogens with one attached hydrogen (secondary N) is 1. The summed E-state index contributed by atoms with van der Waals surface area (Å²) in [5.74, 6) is -0.656. The Kier molecular flexibility index (Phi) is 4.63. The number of urea groups is 1. The lowest BCUT2D eigenvalue weighted by Crippen LogP contribution is -2.55. The fourth-order valence-electron chi connectivity index (χ4n) is 2.97. The number of carboxylic acids is 1. The van der Waals surface area contributed by atoms with E-state index < -0.39 is 5.97 Å². The van der Waals surface area contributed by atoms with Gasteiger partial charge in [-0.25, -0.2) is 4.79 Å². The zero-order valence-corrected chi connectivity index (χ0v) is 11.5. The van der Waals surface area contributed by atoms with Crippen molar-refractivity contribution in [2.45, 2.75) is 32.2 Å². The molecule has 2 rings (SSSR count). The summed E-state index contributed by atoms with van der Waals surface area (Å²) in [6, 6.07) is 0.412. The summed E-state index contributed by atoms with van der Waals surface area (Å²) in [5.41, 5.74) is 0. The van der Waals surface area contributed by atoms with Crippen LogP contribution in [0.15, 0.2) is 0 Å². The number of carbonyl (C=O) groups is 2. The molecular weight excluding hydrogens is 246 g/mol. The normalized spacial score (nSPS) is 24.3. The highest BCUT2D eigenvalue weighted by Crippen LogP contribution is 2.19. The Bertz CT molecular complexity index is 342. The summed E-state index contributed by atoms with van der Waals surface area (Å²) in [7, 11) is 0. The molecule has 2 heterocycles. The van der Waals surface area contributed by atoms with E-state index in [2.05, 4.69) is 17.1 Å². The number of carboxylic acid groups (broad SMARTS) is 1. The van der Waals surface area contributed by atoms with Crippen LogP contribution < -0.4 is 5.32 Å². The molecule has 2 amide bonds. The molecule has 0 aromatic heterocycles. The summed E-state index contributed by atoms with van der Waals surface area (Å²) >= 11 is 0. The average Bonchev–Trinajstić information content (AvgIpc) is 2.77. The van der Waals surface area contributed by atoms with Crippen molar-refractivity contribution >= 4 is 12.0 Å². The number of carbonyl (C=O) groups excluding carboxylic acids is 1. The van der Waals surface area contributed by atoms with Crippen LogP contribution in [0.3, 0.4) is 0 Å². The Balaban J connectivity index is 1.64. The minimum atomic E-state index is -0.783. The van der Waals surface area contributed by atoms with Crippen molar-refractivity contribution in [2.24, 2.45) is 5.92 Å². The van der Waals surface area contributed by atoms with Crippen molar-refractivity contribution in [3.05, 3.63) is 0 Å². The highest BCUT2D eigenvalue weighted by atomic mass is 16.4. The van der Waals surface area contributed by atoms with Crippen LogP contribution in [-0.4, -0.2) is 65.7 Å². The lowest BCUT2D eigenvalue weighted by molar-refractivity contribution is -0.139. The summed E-state index contributed by atoms with van der Waals surface area (Å²) < 4.78 is 0. The SMILES string of the molecule is CCN1CCCC1CNC(=O)N1CC(CC(=O)O)C1. The van der Waals surface area contributed by atoms with Gasteiger partial charge < -0.3 is 15.3 Å². The molecule has 2 fully saturated rings. The van der Waals surface area contributed by atoms with E-state index in [0.717, 1.165) is 19.5 Å². The van der Waals surface area contributed by atoms with Crippen LogP contribution in [0, 0.1) is 5.92 Å². The molecule has 0 aromatic rings. The third-order valence-electron chi connectivity index (χ3n) is 4.10. The molecule has 0 saturated carbocycles. The van der Waals surface area contributed by atoms with Gasteiger partial charge in [0.1, 0.15) is 0 Å². The van der Waals surface area contributed by atoms with Crippen molar-refractivity contribution < 1.29 is 14.7 Å². The average molecular weight is 269 g/mol. The summed E-state index contributed by atoms with van der Waals surface area (Å²) in [5, 5.41) is 11.6. The van der Waals surface area contributed by atoms with Crippen LogP contribution in [0.1, 0.15) is 26.2 Å². The third-order valence-corrected chi connectivity index (χ3v) is 4.10. The molecular formula is C13H23N3O3. The number of likely N-dealkylation sites (tertiary alicyclic amines) is 2. The van der Waals surface area contributed by atoms with Gasteiger partial charge in [-0.1, -0.05) is 6.92 Å². The van der Waals surface area contributed by atoms with Crippen LogP contribution in [0.2, 0.25) is 0 Å². The molecule has 19 heavy (non-hydrogen) atoms. The molecule has 1 unspecified atom stereocenters. The molecule has 2 aliphatic rings. The highest BCUT2D eigenvalue weighted by Gasteiger charge is 2.32. The smallest absolute Gasteiger partial charge is 0.317 e. The number of hydrogen-bond donors (Lipinski definition) is 2. The molecule has 2 N–H and O–H groups in total. The zero-order valence-electron chi connectivity index (χ0n) is 11.5. The van der Waals surface area contributed by atoms with Gasteiger partial charge in [0.25, 0.3) is 0 Å². The van der Waals surface area contributed by atoms with Gasteiger partial charge in [-0.2, -0.15) is 0 Å². The van der Waals surface area contributed by atoms with Gasteiger partial charge >= 0.3 is 12.0 Å². The molecule has 0 aliphatic carbocycles. The standard InChI is InChI=1S/C13H23N3O3/c1-2-15-5-3-4-11(15)7-14-13(19)16-8-10(9-16)6-12(17)18/h10-11H,2-9H2,1H3,(H,14,19)(H,17,18). The van der Waals surface area contributed by atoms with Crippen LogP contribution in [0.25, 0.3) is 0 Å². The largest absolute Gasteiger partial charge is 0.481 e. The van der Waals surface area contributed by atoms with E-state index in [1.807, 2.05) is 0 Å². The van der Waals surface area contributed by atoms with Crippen LogP contribution in [0.5, 0.6) is 0 Å². The number of rotatable bonds is 5. The summed E-state index contributed by atoms with van der Waals surface area (Å²) in [6.07, 6.45) is 2.52. The molecule has 0 spiro atoms. The van der Waals surface area contributed by atoms with E-state index in [1.165, 1.54) is 6.42 Å². The van der Waals surface area contributed by atoms with Crippen molar-refractivity contribution in [1.82, 2.24) is 15.1 Å². The van der Waals surface area contributed by atoms with E-state index in [-0.39, 0.29) is 18.4 Å². The fraction of sp³-hybridized carbons (Fsp3) is 0.846. The first-order valence-corrected chi connectivity index (χ1v) is 7.08. The number of aliphatic carboxylic acids is 1. The zero-order chi connectivity index (χ0) is 13.8. The molecule has 108 valence electrons. The second kappa shape index (κ2) is 6.23. The van der Waals surface area contributed by atoms with Crippen LogP contribution in [-0.2, 0) is 4.79 Å². The molecule has 2 saturated heterocycles. The maximum Gasteiger partial charge on any atom is 0.317 e. The van der Waals surface area contributed by atoms with Crippen LogP contribution >= 0.6 is 0 Å². The maximum atomic E-state index is 11.9. The lowest BCUT2D eigenvalue weighted by atomic mass is 9.97. The van der Waals surface area contributed by atoms with Gasteiger partial charge in [0.05, 0.1) is 6.42 Å². The third kappa shape index (κ3) is 3.59. The predicted molar refractivity (Wildman–Crippen MR) is 71.0 cm³/mol. The van der Waals surface area contributed by atoms with Gasteiger partial charge in [-0.3, -0.25) is 9.69 Å². The van der Waals surface area contributed by atoms with Gasteiger partial charge in [0, 0.05) is 31.6 Å². The number of hydrogen-bond acceptors (Lipinski definition) is 3. The van der Waals surface area contributed by atoms with E-state index in [9.17, 15) is 9.59 Å². The molecule has 0 radical (unpaired) electrons. The summed E-state index contributed by atoms with van der Waals surface area (Å²) in [4.78, 5) is 26.5. The van der Waals surface area contributed by atoms with E-state index in [0.29, 0.717) is 25.7 Å². The molecule has 1 atom stereocenters. The second-order valence-electron chi connectivity index (χ2n) is 5.48. The topological polar surface area (TPSA) is 72.9 Å². The Morgan fingerprint density at radius 2 is 2.11 bits per heavy atom. The number of nitrogens with zero attached hydrogens (tertiary/aromatic N) is 2. The van der Waals surface area contributed by atoms with Gasteiger partial charge in [-0.05, 0) is 25.9 Å². The van der Waals surface area contributed by atoms with E-state index >= 15 is 0 Å². The molecule has 6 nitrogen and oxygen atoms in total. The van der Waals surface area contributed by atoms with Gasteiger partial charge in [-0.15, -0.1) is 0 Å². The second-order valence-corrected chi connectivity index (χ2v) is 5.48. The molecule has 2 aliphatic heterocycles. The van der Waals surface area contributed by atoms with E-state index in [4.69, 9.17) is 5.11 Å². The van der Waals surface area contributed by atoms with Gasteiger partial charge in [0.2, 0.25) is 0 Å². The van der Waals surface area contributed by atoms with Crippen molar-refractivity contribution in [3.8, 4) is 0 Å². The van der Waals surface area contributed by atoms with Gasteiger partial charge in [0.15, 0.2) is 0 Å². The van der Waals surface area contributed by atoms with Crippen molar-refractivity contribution in [2.75, 3.05) is 32.7 Å². The quantitative estimate of drug-likeness (QED) is 0.766. The van der Waals surface area contributed by atoms with E-state index in [1.54, 1.807) is 4.90 Å². The minimum Gasteiger partial charge on any atom is -0.481 e. The monoisotopic (exact) mass is 269 g/mol. The minimum absolute atomic E-state index is 0.0513. The lowest BCUT2D eigenvalue weighted by Gasteiger charge is -2.38. The maximum absolute atomic E-state index is 11.9. The Labute approximate surface area is 113 Å². The first-order valence-electron chi connectivity index (χ1n) is 7.08. The Morgan fingerprint density at radius 1 is 1.37 bits per heavy atom. The highest BCUT2D eigenvalue weighted by molar-refractivity contribution is 5.75. The first kappa shape index (κ1) is 14.1. The fourth-order valence-corrected chi connectivity index (χ4v) is 2.97. The Morgan fingerprint density at radius 3 is 2.74 bits per heavy atom.